The van der Waals surface area contributed by atoms with Crippen molar-refractivity contribution in [3.8, 4) is 5.75 Å². The van der Waals surface area contributed by atoms with Crippen LogP contribution < -0.4 is 10.1 Å². The van der Waals surface area contributed by atoms with Gasteiger partial charge in [-0.3, -0.25) is 0 Å². The number of aliphatic hydroxyl groups excluding tert-OH is 1. The molecule has 0 radical (unpaired) electrons. The molecule has 0 spiro atoms. The highest BCUT2D eigenvalue weighted by Crippen LogP contribution is 2.33. The Morgan fingerprint density at radius 1 is 1.19 bits per heavy atom. The Labute approximate surface area is 130 Å². The van der Waals surface area contributed by atoms with Crippen LogP contribution in [-0.2, 0) is 5.54 Å². The first kappa shape index (κ1) is 15.7. The third-order valence-corrected chi connectivity index (χ3v) is 3.58. The first-order valence-corrected chi connectivity index (χ1v) is 7.34. The molecule has 0 bridgehead atoms. The third kappa shape index (κ3) is 3.69. The van der Waals surface area contributed by atoms with E-state index < -0.39 is 5.54 Å². The molecular formula is C17H20ClNO2. The summed E-state index contributed by atoms with van der Waals surface area (Å²) in [5.41, 5.74) is 1.11. The van der Waals surface area contributed by atoms with Gasteiger partial charge in [-0.05, 0) is 38.1 Å². The molecule has 21 heavy (non-hydrogen) atoms. The molecule has 0 saturated heterocycles. The zero-order valence-electron chi connectivity index (χ0n) is 12.3. The summed E-state index contributed by atoms with van der Waals surface area (Å²) in [6.07, 6.45) is 0. The Bertz CT molecular complexity index is 603. The Morgan fingerprint density at radius 2 is 1.95 bits per heavy atom. The number of para-hydroxylation sites is 1. The van der Waals surface area contributed by atoms with Gasteiger partial charge < -0.3 is 15.2 Å². The Hall–Kier alpha value is -1.71. The van der Waals surface area contributed by atoms with Crippen LogP contribution in [0.5, 0.6) is 5.75 Å². The van der Waals surface area contributed by atoms with Gasteiger partial charge in [-0.2, -0.15) is 0 Å². The van der Waals surface area contributed by atoms with Crippen molar-refractivity contribution >= 4 is 17.3 Å². The standard InChI is InChI=1S/C17H20ClNO2/c1-3-21-16-10-5-4-9-15(16)17(2,12-20)19-14-8-6-7-13(18)11-14/h4-11,19-20H,3,12H2,1-2H3. The Kier molecular flexibility index (Phi) is 5.10. The number of aliphatic hydroxyl groups is 1. The Morgan fingerprint density at radius 3 is 2.62 bits per heavy atom. The van der Waals surface area contributed by atoms with Gasteiger partial charge in [-0.25, -0.2) is 0 Å². The molecule has 2 rings (SSSR count). The van der Waals surface area contributed by atoms with Crippen LogP contribution in [0.3, 0.4) is 0 Å². The van der Waals surface area contributed by atoms with Gasteiger partial charge in [0.2, 0.25) is 0 Å². The van der Waals surface area contributed by atoms with Crippen LogP contribution in [0.25, 0.3) is 0 Å². The van der Waals surface area contributed by atoms with E-state index in [1.54, 1.807) is 0 Å². The van der Waals surface area contributed by atoms with Crippen molar-refractivity contribution in [2.75, 3.05) is 18.5 Å². The lowest BCUT2D eigenvalue weighted by Gasteiger charge is -2.32. The van der Waals surface area contributed by atoms with Crippen molar-refractivity contribution in [3.63, 3.8) is 0 Å². The average Bonchev–Trinajstić information content (AvgIpc) is 2.48. The summed E-state index contributed by atoms with van der Waals surface area (Å²) in [6.45, 7) is 4.39. The van der Waals surface area contributed by atoms with E-state index >= 15 is 0 Å². The maximum atomic E-state index is 9.91. The van der Waals surface area contributed by atoms with Crippen LogP contribution in [0.4, 0.5) is 5.69 Å². The molecule has 2 aromatic rings. The molecular weight excluding hydrogens is 286 g/mol. The van der Waals surface area contributed by atoms with E-state index in [2.05, 4.69) is 5.32 Å². The number of halogens is 1. The number of anilines is 1. The normalized spacial score (nSPS) is 13.5. The van der Waals surface area contributed by atoms with E-state index in [4.69, 9.17) is 16.3 Å². The SMILES string of the molecule is CCOc1ccccc1C(C)(CO)Nc1cccc(Cl)c1. The minimum atomic E-state index is -0.656. The lowest BCUT2D eigenvalue weighted by Crippen LogP contribution is -2.36. The van der Waals surface area contributed by atoms with Crippen LogP contribution in [0.15, 0.2) is 48.5 Å². The van der Waals surface area contributed by atoms with Crippen molar-refractivity contribution in [1.82, 2.24) is 0 Å². The molecule has 2 N–H and O–H groups in total. The van der Waals surface area contributed by atoms with E-state index in [1.165, 1.54) is 0 Å². The van der Waals surface area contributed by atoms with Gasteiger partial charge in [0.05, 0.1) is 18.8 Å². The fraction of sp³-hybridized carbons (Fsp3) is 0.294. The highest BCUT2D eigenvalue weighted by atomic mass is 35.5. The van der Waals surface area contributed by atoms with Crippen molar-refractivity contribution in [2.45, 2.75) is 19.4 Å². The molecule has 0 fully saturated rings. The maximum Gasteiger partial charge on any atom is 0.124 e. The summed E-state index contributed by atoms with van der Waals surface area (Å²) < 4.78 is 5.67. The average molecular weight is 306 g/mol. The topological polar surface area (TPSA) is 41.5 Å². The summed E-state index contributed by atoms with van der Waals surface area (Å²) in [7, 11) is 0. The number of nitrogens with one attached hydrogen (secondary N) is 1. The predicted molar refractivity (Wildman–Crippen MR) is 87.1 cm³/mol. The third-order valence-electron chi connectivity index (χ3n) is 3.34. The number of benzene rings is 2. The van der Waals surface area contributed by atoms with Crippen molar-refractivity contribution < 1.29 is 9.84 Å². The summed E-state index contributed by atoms with van der Waals surface area (Å²) in [5, 5.41) is 13.9. The number of rotatable bonds is 6. The maximum absolute atomic E-state index is 9.91. The molecule has 4 heteroatoms. The molecule has 0 saturated carbocycles. The predicted octanol–water partition coefficient (Wildman–Crippen LogP) is 4.06. The van der Waals surface area contributed by atoms with Crippen molar-refractivity contribution in [1.29, 1.82) is 0 Å². The van der Waals surface area contributed by atoms with Gasteiger partial charge >= 0.3 is 0 Å². The zero-order valence-corrected chi connectivity index (χ0v) is 13.0. The molecule has 0 aromatic heterocycles. The number of ether oxygens (including phenoxy) is 1. The van der Waals surface area contributed by atoms with Gasteiger partial charge in [-0.15, -0.1) is 0 Å². The summed E-state index contributed by atoms with van der Waals surface area (Å²) in [4.78, 5) is 0. The molecule has 0 amide bonds. The van der Waals surface area contributed by atoms with Gasteiger partial charge in [0.15, 0.2) is 0 Å². The second kappa shape index (κ2) is 6.83. The van der Waals surface area contributed by atoms with Crippen LogP contribution in [-0.4, -0.2) is 18.3 Å². The lowest BCUT2D eigenvalue weighted by molar-refractivity contribution is 0.218. The summed E-state index contributed by atoms with van der Waals surface area (Å²) in [6, 6.07) is 15.2. The molecule has 112 valence electrons. The van der Waals surface area contributed by atoms with Crippen LogP contribution in [0.2, 0.25) is 5.02 Å². The van der Waals surface area contributed by atoms with E-state index in [9.17, 15) is 5.11 Å². The molecule has 0 aliphatic heterocycles. The highest BCUT2D eigenvalue weighted by molar-refractivity contribution is 6.30. The van der Waals surface area contributed by atoms with Gasteiger partial charge in [0, 0.05) is 16.3 Å². The summed E-state index contributed by atoms with van der Waals surface area (Å²) in [5.74, 6) is 0.770. The lowest BCUT2D eigenvalue weighted by atomic mass is 9.91. The van der Waals surface area contributed by atoms with Crippen LogP contribution in [0.1, 0.15) is 19.4 Å². The molecule has 0 aliphatic carbocycles. The van der Waals surface area contributed by atoms with Crippen molar-refractivity contribution in [3.05, 3.63) is 59.1 Å². The minimum absolute atomic E-state index is 0.0659. The van der Waals surface area contributed by atoms with Gasteiger partial charge in [0.1, 0.15) is 5.75 Å². The minimum Gasteiger partial charge on any atom is -0.494 e. The highest BCUT2D eigenvalue weighted by Gasteiger charge is 2.29. The molecule has 1 atom stereocenters. The monoisotopic (exact) mass is 305 g/mol. The van der Waals surface area contributed by atoms with E-state index in [0.29, 0.717) is 11.6 Å². The smallest absolute Gasteiger partial charge is 0.124 e. The molecule has 0 heterocycles. The number of hydrogen-bond donors (Lipinski definition) is 2. The van der Waals surface area contributed by atoms with Crippen LogP contribution in [0, 0.1) is 0 Å². The molecule has 0 aliphatic rings. The van der Waals surface area contributed by atoms with Gasteiger partial charge in [0.25, 0.3) is 0 Å². The molecule has 2 aromatic carbocycles. The first-order chi connectivity index (χ1) is 10.1. The quantitative estimate of drug-likeness (QED) is 0.845. The molecule has 3 nitrogen and oxygen atoms in total. The Balaban J connectivity index is 2.37. The fourth-order valence-corrected chi connectivity index (χ4v) is 2.47. The zero-order chi connectivity index (χ0) is 15.3. The van der Waals surface area contributed by atoms with E-state index in [1.807, 2.05) is 62.4 Å². The van der Waals surface area contributed by atoms with E-state index in [-0.39, 0.29) is 6.61 Å². The number of hydrogen-bond acceptors (Lipinski definition) is 3. The molecule has 1 unspecified atom stereocenters. The largest absolute Gasteiger partial charge is 0.494 e. The summed E-state index contributed by atoms with van der Waals surface area (Å²) >= 11 is 6.02. The van der Waals surface area contributed by atoms with Crippen molar-refractivity contribution in [2.24, 2.45) is 0 Å². The van der Waals surface area contributed by atoms with Gasteiger partial charge in [-0.1, -0.05) is 35.9 Å². The fourth-order valence-electron chi connectivity index (χ4n) is 2.28. The van der Waals surface area contributed by atoms with Crippen LogP contribution >= 0.6 is 11.6 Å². The first-order valence-electron chi connectivity index (χ1n) is 6.96. The second-order valence-corrected chi connectivity index (χ2v) is 5.49. The second-order valence-electron chi connectivity index (χ2n) is 5.05. The van der Waals surface area contributed by atoms with E-state index in [0.717, 1.165) is 17.0 Å².